The van der Waals surface area contributed by atoms with Crippen molar-refractivity contribution in [3.63, 3.8) is 0 Å². The molecule has 0 amide bonds. The van der Waals surface area contributed by atoms with E-state index >= 15 is 0 Å². The van der Waals surface area contributed by atoms with E-state index in [0.717, 1.165) is 30.9 Å². The molecule has 1 unspecified atom stereocenters. The van der Waals surface area contributed by atoms with E-state index < -0.39 is 0 Å². The maximum Gasteiger partial charge on any atom is 0.130 e. The Balaban J connectivity index is 2.32. The fourth-order valence-electron chi connectivity index (χ4n) is 2.15. The number of aromatic nitrogens is 2. The zero-order chi connectivity index (χ0) is 13.7. The minimum atomic E-state index is -0.211. The first-order valence-corrected chi connectivity index (χ1v) is 6.76. The Morgan fingerprint density at radius 1 is 1.26 bits per heavy atom. The van der Waals surface area contributed by atoms with Gasteiger partial charge in [-0.2, -0.15) is 0 Å². The van der Waals surface area contributed by atoms with Gasteiger partial charge in [0.15, 0.2) is 0 Å². The molecule has 2 aromatic rings. The standard InChI is InChI=1S/C15H20FN3/c1-3-9-17-14(12-5-7-13(16)8-6-12)15-18-10-11-19(15)4-2/h5-8,10-11,14,17H,3-4,9H2,1-2H3. The molecule has 1 heterocycles. The smallest absolute Gasteiger partial charge is 0.130 e. The highest BCUT2D eigenvalue weighted by atomic mass is 19.1. The Hall–Kier alpha value is -1.68. The molecule has 0 aliphatic carbocycles. The molecule has 102 valence electrons. The molecule has 3 nitrogen and oxygen atoms in total. The van der Waals surface area contributed by atoms with Crippen LogP contribution in [0.4, 0.5) is 4.39 Å². The SMILES string of the molecule is CCCNC(c1ccc(F)cc1)c1nccn1CC. The summed E-state index contributed by atoms with van der Waals surface area (Å²) in [7, 11) is 0. The minimum absolute atomic E-state index is 0.00972. The van der Waals surface area contributed by atoms with E-state index in [0.29, 0.717) is 0 Å². The summed E-state index contributed by atoms with van der Waals surface area (Å²) in [6.45, 7) is 5.99. The summed E-state index contributed by atoms with van der Waals surface area (Å²) in [6.07, 6.45) is 4.83. The maximum atomic E-state index is 13.0. The van der Waals surface area contributed by atoms with Gasteiger partial charge >= 0.3 is 0 Å². The Bertz CT molecular complexity index is 504. The highest BCUT2D eigenvalue weighted by Crippen LogP contribution is 2.21. The van der Waals surface area contributed by atoms with Gasteiger partial charge in [-0.3, -0.25) is 0 Å². The van der Waals surface area contributed by atoms with Crippen LogP contribution in [-0.2, 0) is 6.54 Å². The number of aryl methyl sites for hydroxylation is 1. The molecule has 0 spiro atoms. The quantitative estimate of drug-likeness (QED) is 0.865. The largest absolute Gasteiger partial charge is 0.334 e. The van der Waals surface area contributed by atoms with Crippen molar-refractivity contribution in [2.24, 2.45) is 0 Å². The second-order valence-corrected chi connectivity index (χ2v) is 4.51. The number of halogens is 1. The molecule has 19 heavy (non-hydrogen) atoms. The molecule has 1 atom stereocenters. The number of imidazole rings is 1. The van der Waals surface area contributed by atoms with Crippen molar-refractivity contribution in [2.75, 3.05) is 6.54 Å². The van der Waals surface area contributed by atoms with Crippen molar-refractivity contribution in [1.29, 1.82) is 0 Å². The van der Waals surface area contributed by atoms with Crippen LogP contribution in [0.3, 0.4) is 0 Å². The van der Waals surface area contributed by atoms with Crippen molar-refractivity contribution in [2.45, 2.75) is 32.9 Å². The van der Waals surface area contributed by atoms with Crippen LogP contribution in [0.15, 0.2) is 36.7 Å². The fraction of sp³-hybridized carbons (Fsp3) is 0.400. The molecule has 1 aromatic heterocycles. The molecule has 0 saturated heterocycles. The van der Waals surface area contributed by atoms with Crippen LogP contribution in [0.25, 0.3) is 0 Å². The maximum absolute atomic E-state index is 13.0. The van der Waals surface area contributed by atoms with E-state index in [-0.39, 0.29) is 11.9 Å². The van der Waals surface area contributed by atoms with E-state index in [1.807, 2.05) is 24.5 Å². The van der Waals surface area contributed by atoms with E-state index in [4.69, 9.17) is 0 Å². The first-order chi connectivity index (χ1) is 9.26. The van der Waals surface area contributed by atoms with Gasteiger partial charge < -0.3 is 9.88 Å². The van der Waals surface area contributed by atoms with E-state index in [2.05, 4.69) is 28.7 Å². The van der Waals surface area contributed by atoms with Crippen molar-refractivity contribution >= 4 is 0 Å². The monoisotopic (exact) mass is 261 g/mol. The van der Waals surface area contributed by atoms with Crippen molar-refractivity contribution in [1.82, 2.24) is 14.9 Å². The molecule has 1 N–H and O–H groups in total. The number of nitrogens with one attached hydrogen (secondary N) is 1. The molecule has 0 radical (unpaired) electrons. The van der Waals surface area contributed by atoms with Crippen LogP contribution in [0.1, 0.15) is 37.7 Å². The molecule has 0 fully saturated rings. The summed E-state index contributed by atoms with van der Waals surface area (Å²) in [6, 6.07) is 6.63. The molecule has 0 aliphatic rings. The summed E-state index contributed by atoms with van der Waals surface area (Å²) >= 11 is 0. The lowest BCUT2D eigenvalue weighted by molar-refractivity contribution is 0.540. The number of rotatable bonds is 6. The average Bonchev–Trinajstić information content (AvgIpc) is 2.89. The summed E-state index contributed by atoms with van der Waals surface area (Å²) in [5.74, 6) is 0.763. The Labute approximate surface area is 113 Å². The number of nitrogens with zero attached hydrogens (tertiary/aromatic N) is 2. The molecule has 1 aromatic carbocycles. The first-order valence-electron chi connectivity index (χ1n) is 6.76. The zero-order valence-electron chi connectivity index (χ0n) is 11.4. The van der Waals surface area contributed by atoms with Gasteiger partial charge in [0, 0.05) is 18.9 Å². The average molecular weight is 261 g/mol. The van der Waals surface area contributed by atoms with Crippen LogP contribution < -0.4 is 5.32 Å². The van der Waals surface area contributed by atoms with Gasteiger partial charge in [0.25, 0.3) is 0 Å². The highest BCUT2D eigenvalue weighted by Gasteiger charge is 2.17. The minimum Gasteiger partial charge on any atom is -0.334 e. The van der Waals surface area contributed by atoms with Gasteiger partial charge in [0.05, 0.1) is 6.04 Å². The molecule has 2 rings (SSSR count). The fourth-order valence-corrected chi connectivity index (χ4v) is 2.15. The number of hydrogen-bond acceptors (Lipinski definition) is 2. The Morgan fingerprint density at radius 3 is 2.63 bits per heavy atom. The van der Waals surface area contributed by atoms with Crippen LogP contribution in [-0.4, -0.2) is 16.1 Å². The van der Waals surface area contributed by atoms with E-state index in [1.54, 1.807) is 0 Å². The summed E-state index contributed by atoms with van der Waals surface area (Å²) in [5.41, 5.74) is 1.04. The number of hydrogen-bond donors (Lipinski definition) is 1. The third kappa shape index (κ3) is 3.20. The van der Waals surface area contributed by atoms with Gasteiger partial charge in [-0.25, -0.2) is 9.37 Å². The molecule has 4 heteroatoms. The lowest BCUT2D eigenvalue weighted by Crippen LogP contribution is -2.26. The van der Waals surface area contributed by atoms with Crippen molar-refractivity contribution < 1.29 is 4.39 Å². The second kappa shape index (κ2) is 6.48. The van der Waals surface area contributed by atoms with Gasteiger partial charge in [-0.15, -0.1) is 0 Å². The van der Waals surface area contributed by atoms with Gasteiger partial charge in [-0.1, -0.05) is 19.1 Å². The molecular weight excluding hydrogens is 241 g/mol. The predicted octanol–water partition coefficient (Wildman–Crippen LogP) is 3.13. The number of benzene rings is 1. The lowest BCUT2D eigenvalue weighted by atomic mass is 10.1. The van der Waals surface area contributed by atoms with E-state index in [9.17, 15) is 4.39 Å². The van der Waals surface area contributed by atoms with Crippen molar-refractivity contribution in [3.05, 3.63) is 53.9 Å². The topological polar surface area (TPSA) is 29.9 Å². The molecule has 0 saturated carbocycles. The van der Waals surface area contributed by atoms with Gasteiger partial charge in [0.2, 0.25) is 0 Å². The molecule has 0 bridgehead atoms. The summed E-state index contributed by atoms with van der Waals surface area (Å²) in [5, 5.41) is 3.48. The van der Waals surface area contributed by atoms with Crippen LogP contribution in [0, 0.1) is 5.82 Å². The third-order valence-electron chi connectivity index (χ3n) is 3.15. The molecular formula is C15H20FN3. The van der Waals surface area contributed by atoms with Gasteiger partial charge in [-0.05, 0) is 37.6 Å². The summed E-state index contributed by atoms with van der Waals surface area (Å²) in [4.78, 5) is 4.45. The summed E-state index contributed by atoms with van der Waals surface area (Å²) < 4.78 is 15.2. The lowest BCUT2D eigenvalue weighted by Gasteiger charge is -2.19. The molecule has 0 aliphatic heterocycles. The third-order valence-corrected chi connectivity index (χ3v) is 3.15. The highest BCUT2D eigenvalue weighted by molar-refractivity contribution is 5.25. The van der Waals surface area contributed by atoms with Crippen LogP contribution >= 0.6 is 0 Å². The van der Waals surface area contributed by atoms with Gasteiger partial charge in [0.1, 0.15) is 11.6 Å². The van der Waals surface area contributed by atoms with Crippen molar-refractivity contribution in [3.8, 4) is 0 Å². The van der Waals surface area contributed by atoms with Crippen LogP contribution in [0.2, 0.25) is 0 Å². The Kier molecular flexibility index (Phi) is 4.68. The first kappa shape index (κ1) is 13.7. The normalized spacial score (nSPS) is 12.6. The zero-order valence-corrected chi connectivity index (χ0v) is 11.4. The van der Waals surface area contributed by atoms with Crippen LogP contribution in [0.5, 0.6) is 0 Å². The second-order valence-electron chi connectivity index (χ2n) is 4.51. The Morgan fingerprint density at radius 2 is 2.00 bits per heavy atom. The van der Waals surface area contributed by atoms with E-state index in [1.165, 1.54) is 12.1 Å². The predicted molar refractivity (Wildman–Crippen MR) is 74.4 cm³/mol.